The predicted octanol–water partition coefficient (Wildman–Crippen LogP) is 4.09. The van der Waals surface area contributed by atoms with E-state index in [-0.39, 0.29) is 11.6 Å². The number of benzene rings is 1. The third-order valence-corrected chi connectivity index (χ3v) is 4.40. The molecule has 0 aliphatic rings. The Balaban J connectivity index is 2.53. The molecular weight excluding hydrogens is 260 g/mol. The van der Waals surface area contributed by atoms with E-state index in [4.69, 9.17) is 4.74 Å². The molecule has 2 atom stereocenters. The van der Waals surface area contributed by atoms with Crippen molar-refractivity contribution in [3.05, 3.63) is 42.2 Å². The quantitative estimate of drug-likeness (QED) is 0.832. The smallest absolute Gasteiger partial charge is 0.0842 e. The summed E-state index contributed by atoms with van der Waals surface area (Å²) >= 11 is 0. The van der Waals surface area contributed by atoms with E-state index in [9.17, 15) is 0 Å². The molecule has 2 aromatic rings. The highest BCUT2D eigenvalue weighted by atomic mass is 16.5. The molecular formula is C18H26N2O. The number of nitrogens with zero attached hydrogens (tertiary/aromatic N) is 1. The van der Waals surface area contributed by atoms with Crippen LogP contribution in [0.4, 0.5) is 0 Å². The number of nitrogens with one attached hydrogen (secondary N) is 1. The molecule has 3 heteroatoms. The molecule has 0 amide bonds. The second-order valence-electron chi connectivity index (χ2n) is 5.70. The van der Waals surface area contributed by atoms with Gasteiger partial charge in [-0.1, -0.05) is 32.0 Å². The maximum absolute atomic E-state index is 5.87. The Morgan fingerprint density at radius 3 is 2.76 bits per heavy atom. The fourth-order valence-electron chi connectivity index (χ4n) is 2.81. The van der Waals surface area contributed by atoms with Crippen molar-refractivity contribution in [2.45, 2.75) is 45.3 Å². The molecule has 1 N–H and O–H groups in total. The summed E-state index contributed by atoms with van der Waals surface area (Å²) in [5.41, 5.74) is 1.06. The van der Waals surface area contributed by atoms with Crippen LogP contribution in [0, 0.1) is 0 Å². The van der Waals surface area contributed by atoms with Crippen molar-refractivity contribution in [2.24, 2.45) is 0 Å². The molecule has 0 saturated heterocycles. The van der Waals surface area contributed by atoms with Crippen LogP contribution < -0.4 is 5.32 Å². The molecule has 114 valence electrons. The molecule has 0 aliphatic carbocycles. The summed E-state index contributed by atoms with van der Waals surface area (Å²) in [5.74, 6) is 0. The third-order valence-electron chi connectivity index (χ3n) is 4.40. The third kappa shape index (κ3) is 3.25. The van der Waals surface area contributed by atoms with E-state index in [0.717, 1.165) is 19.4 Å². The molecule has 0 aliphatic heterocycles. The second kappa shape index (κ2) is 7.01. The Labute approximate surface area is 127 Å². The van der Waals surface area contributed by atoms with Crippen molar-refractivity contribution < 1.29 is 4.74 Å². The predicted molar refractivity (Wildman–Crippen MR) is 88.5 cm³/mol. The first-order chi connectivity index (χ1) is 10.2. The highest BCUT2D eigenvalue weighted by molar-refractivity contribution is 5.85. The van der Waals surface area contributed by atoms with Crippen molar-refractivity contribution in [1.82, 2.24) is 10.3 Å². The Morgan fingerprint density at radius 2 is 2.10 bits per heavy atom. The first kappa shape index (κ1) is 15.9. The van der Waals surface area contributed by atoms with Gasteiger partial charge in [-0.2, -0.15) is 0 Å². The highest BCUT2D eigenvalue weighted by Crippen LogP contribution is 2.35. The number of pyridine rings is 1. The lowest BCUT2D eigenvalue weighted by Crippen LogP contribution is -2.43. The molecule has 1 aromatic carbocycles. The average molecular weight is 286 g/mol. The van der Waals surface area contributed by atoms with E-state index in [0.29, 0.717) is 0 Å². The summed E-state index contributed by atoms with van der Waals surface area (Å²) in [6.07, 6.45) is 5.84. The molecule has 0 radical (unpaired) electrons. The van der Waals surface area contributed by atoms with Crippen LogP contribution >= 0.6 is 0 Å². The van der Waals surface area contributed by atoms with Crippen LogP contribution in [-0.4, -0.2) is 24.2 Å². The van der Waals surface area contributed by atoms with E-state index in [1.54, 1.807) is 7.11 Å². The fourth-order valence-corrected chi connectivity index (χ4v) is 2.81. The molecule has 0 spiro atoms. The van der Waals surface area contributed by atoms with Crippen LogP contribution in [0.2, 0.25) is 0 Å². The number of hydrogen-bond acceptors (Lipinski definition) is 3. The number of hydrogen-bond donors (Lipinski definition) is 1. The van der Waals surface area contributed by atoms with Gasteiger partial charge in [-0.15, -0.1) is 0 Å². The largest absolute Gasteiger partial charge is 0.377 e. The first-order valence-corrected chi connectivity index (χ1v) is 7.77. The number of methoxy groups -OCH3 is 1. The highest BCUT2D eigenvalue weighted by Gasteiger charge is 2.34. The number of aromatic nitrogens is 1. The van der Waals surface area contributed by atoms with Gasteiger partial charge in [0.1, 0.15) is 0 Å². The molecule has 1 aromatic heterocycles. The Hall–Kier alpha value is -1.45. The zero-order valence-electron chi connectivity index (χ0n) is 13.5. The minimum Gasteiger partial charge on any atom is -0.377 e. The van der Waals surface area contributed by atoms with Crippen LogP contribution in [0.5, 0.6) is 0 Å². The average Bonchev–Trinajstić information content (AvgIpc) is 2.55. The lowest BCUT2D eigenvalue weighted by molar-refractivity contribution is -0.0295. The Kier molecular flexibility index (Phi) is 5.32. The summed E-state index contributed by atoms with van der Waals surface area (Å²) < 4.78 is 5.87. The minimum atomic E-state index is -0.229. The van der Waals surface area contributed by atoms with Crippen molar-refractivity contribution in [2.75, 3.05) is 13.7 Å². The SMILES string of the molecule is CCCNC(c1cccc2cnccc12)C(C)(CC)OC. The summed E-state index contributed by atoms with van der Waals surface area (Å²) in [5, 5.41) is 6.10. The Bertz CT molecular complexity index is 573. The molecule has 2 unspecified atom stereocenters. The van der Waals surface area contributed by atoms with Gasteiger partial charge in [-0.25, -0.2) is 0 Å². The molecule has 2 rings (SSSR count). The van der Waals surface area contributed by atoms with E-state index in [2.05, 4.69) is 55.3 Å². The number of rotatable bonds is 7. The van der Waals surface area contributed by atoms with Gasteiger partial charge < -0.3 is 10.1 Å². The maximum Gasteiger partial charge on any atom is 0.0842 e. The van der Waals surface area contributed by atoms with Crippen molar-refractivity contribution in [1.29, 1.82) is 0 Å². The van der Waals surface area contributed by atoms with E-state index < -0.39 is 0 Å². The van der Waals surface area contributed by atoms with Gasteiger partial charge in [-0.3, -0.25) is 4.98 Å². The topological polar surface area (TPSA) is 34.2 Å². The van der Waals surface area contributed by atoms with E-state index in [1.165, 1.54) is 16.3 Å². The molecule has 0 bridgehead atoms. The summed E-state index contributed by atoms with van der Waals surface area (Å²) in [7, 11) is 1.80. The molecule has 0 saturated carbocycles. The molecule has 0 fully saturated rings. The monoisotopic (exact) mass is 286 g/mol. The first-order valence-electron chi connectivity index (χ1n) is 7.77. The van der Waals surface area contributed by atoms with Crippen LogP contribution in [0.1, 0.15) is 45.2 Å². The minimum absolute atomic E-state index is 0.165. The van der Waals surface area contributed by atoms with Gasteiger partial charge in [0, 0.05) is 24.9 Å². The fraction of sp³-hybridized carbons (Fsp3) is 0.500. The second-order valence-corrected chi connectivity index (χ2v) is 5.70. The molecule has 21 heavy (non-hydrogen) atoms. The van der Waals surface area contributed by atoms with Crippen molar-refractivity contribution in [3.8, 4) is 0 Å². The zero-order chi connectivity index (χ0) is 15.3. The summed E-state index contributed by atoms with van der Waals surface area (Å²) in [4.78, 5) is 4.23. The van der Waals surface area contributed by atoms with Gasteiger partial charge in [0.25, 0.3) is 0 Å². The standard InChI is InChI=1S/C18H26N2O/c1-5-11-20-17(18(3,6-2)21-4)16-9-7-8-14-13-19-12-10-15(14)16/h7-10,12-13,17,20H,5-6,11H2,1-4H3. The van der Waals surface area contributed by atoms with Crippen molar-refractivity contribution in [3.63, 3.8) is 0 Å². The number of ether oxygens (including phenoxy) is 1. The summed E-state index contributed by atoms with van der Waals surface area (Å²) in [6.45, 7) is 7.52. The van der Waals surface area contributed by atoms with Crippen LogP contribution in [-0.2, 0) is 4.74 Å². The van der Waals surface area contributed by atoms with Crippen LogP contribution in [0.25, 0.3) is 10.8 Å². The van der Waals surface area contributed by atoms with Crippen LogP contribution in [0.15, 0.2) is 36.7 Å². The van der Waals surface area contributed by atoms with Crippen LogP contribution in [0.3, 0.4) is 0 Å². The van der Waals surface area contributed by atoms with Gasteiger partial charge >= 0.3 is 0 Å². The van der Waals surface area contributed by atoms with Gasteiger partial charge in [0.2, 0.25) is 0 Å². The van der Waals surface area contributed by atoms with Gasteiger partial charge in [-0.05, 0) is 43.3 Å². The Morgan fingerprint density at radius 1 is 1.29 bits per heavy atom. The maximum atomic E-state index is 5.87. The number of fused-ring (bicyclic) bond motifs is 1. The normalized spacial score (nSPS) is 15.8. The van der Waals surface area contributed by atoms with Crippen molar-refractivity contribution >= 4 is 10.8 Å². The zero-order valence-corrected chi connectivity index (χ0v) is 13.5. The lowest BCUT2D eigenvalue weighted by Gasteiger charge is -2.37. The molecule has 1 heterocycles. The lowest BCUT2D eigenvalue weighted by atomic mass is 9.85. The van der Waals surface area contributed by atoms with E-state index in [1.807, 2.05) is 12.4 Å². The van der Waals surface area contributed by atoms with E-state index >= 15 is 0 Å². The molecule has 3 nitrogen and oxygen atoms in total. The van der Waals surface area contributed by atoms with Gasteiger partial charge in [0.15, 0.2) is 0 Å². The van der Waals surface area contributed by atoms with Gasteiger partial charge in [0.05, 0.1) is 11.6 Å². The summed E-state index contributed by atoms with van der Waals surface area (Å²) in [6, 6.07) is 8.67.